The zero-order valence-electron chi connectivity index (χ0n) is 11.7. The lowest BCUT2D eigenvalue weighted by molar-refractivity contribution is -0.0854. The molecule has 3 aliphatic carbocycles. The lowest BCUT2D eigenvalue weighted by Gasteiger charge is -2.69. The van der Waals surface area contributed by atoms with Gasteiger partial charge in [-0.15, -0.1) is 5.10 Å². The third-order valence-electron chi connectivity index (χ3n) is 4.67. The molecule has 3 saturated carbocycles. The highest BCUT2D eigenvalue weighted by Crippen LogP contribution is 2.67. The van der Waals surface area contributed by atoms with Crippen molar-refractivity contribution in [1.29, 1.82) is 0 Å². The van der Waals surface area contributed by atoms with E-state index in [9.17, 15) is 9.18 Å². The highest BCUT2D eigenvalue weighted by Gasteiger charge is 2.71. The number of halogens is 3. The number of aromatic nitrogens is 3. The minimum atomic E-state index is -0.992. The van der Waals surface area contributed by atoms with Crippen molar-refractivity contribution < 1.29 is 14.3 Å². The summed E-state index contributed by atoms with van der Waals surface area (Å²) in [5.74, 6) is -0.507. The highest BCUT2D eigenvalue weighted by atomic mass is 127. The summed E-state index contributed by atoms with van der Waals surface area (Å²) in [5.41, 5.74) is 0.996. The molecule has 0 aliphatic heterocycles. The summed E-state index contributed by atoms with van der Waals surface area (Å²) < 4.78 is 16.0. The van der Waals surface area contributed by atoms with Crippen LogP contribution in [0.4, 0.5) is 9.18 Å². The Morgan fingerprint density at radius 3 is 2.74 bits per heavy atom. The summed E-state index contributed by atoms with van der Waals surface area (Å²) in [6.07, 6.45) is 1.20. The molecular weight excluding hydrogens is 438 g/mol. The Kier molecular flexibility index (Phi) is 3.15. The number of hydrogen-bond donors (Lipinski definition) is 2. The van der Waals surface area contributed by atoms with E-state index in [0.29, 0.717) is 5.69 Å². The Balaban J connectivity index is 1.61. The van der Waals surface area contributed by atoms with E-state index in [1.54, 1.807) is 10.7 Å². The number of nitrogens with one attached hydrogen (secondary N) is 1. The Bertz CT molecular complexity index is 820. The van der Waals surface area contributed by atoms with Crippen LogP contribution in [0.25, 0.3) is 5.69 Å². The van der Waals surface area contributed by atoms with E-state index >= 15 is 0 Å². The number of carbonyl (C=O) groups is 1. The van der Waals surface area contributed by atoms with E-state index in [0.717, 1.165) is 28.7 Å². The molecule has 2 bridgehead atoms. The molecular formula is C14H11ClFIN4O2. The predicted molar refractivity (Wildman–Crippen MR) is 88.5 cm³/mol. The minimum absolute atomic E-state index is 0.0604. The summed E-state index contributed by atoms with van der Waals surface area (Å²) in [4.78, 5) is 10.8. The maximum absolute atomic E-state index is 13.6. The zero-order valence-corrected chi connectivity index (χ0v) is 14.6. The average molecular weight is 449 g/mol. The third-order valence-corrected chi connectivity index (χ3v) is 5.94. The quantitative estimate of drug-likeness (QED) is 0.707. The maximum atomic E-state index is 13.6. The maximum Gasteiger partial charge on any atom is 0.405 e. The van der Waals surface area contributed by atoms with Gasteiger partial charge >= 0.3 is 6.09 Å². The van der Waals surface area contributed by atoms with Crippen LogP contribution < -0.4 is 5.32 Å². The van der Waals surface area contributed by atoms with Crippen molar-refractivity contribution in [2.45, 2.75) is 30.2 Å². The summed E-state index contributed by atoms with van der Waals surface area (Å²) in [7, 11) is 0. The number of amides is 1. The van der Waals surface area contributed by atoms with Crippen molar-refractivity contribution in [1.82, 2.24) is 20.3 Å². The van der Waals surface area contributed by atoms with Crippen LogP contribution in [-0.2, 0) is 5.41 Å². The molecule has 0 atom stereocenters. The van der Waals surface area contributed by atoms with Crippen LogP contribution in [0, 0.1) is 9.52 Å². The van der Waals surface area contributed by atoms with Gasteiger partial charge in [0.15, 0.2) is 0 Å². The van der Waals surface area contributed by atoms with E-state index in [1.807, 2.05) is 0 Å². The molecule has 120 valence electrons. The molecule has 3 aliphatic rings. The Hall–Kier alpha value is -1.42. The molecule has 1 aromatic heterocycles. The monoisotopic (exact) mass is 448 g/mol. The Morgan fingerprint density at radius 2 is 2.13 bits per heavy atom. The largest absolute Gasteiger partial charge is 0.465 e. The van der Waals surface area contributed by atoms with E-state index < -0.39 is 11.9 Å². The zero-order chi connectivity index (χ0) is 16.4. The third kappa shape index (κ3) is 2.14. The second kappa shape index (κ2) is 4.79. The molecule has 0 saturated heterocycles. The van der Waals surface area contributed by atoms with Gasteiger partial charge in [0.1, 0.15) is 15.2 Å². The van der Waals surface area contributed by atoms with Crippen molar-refractivity contribution in [3.8, 4) is 5.69 Å². The van der Waals surface area contributed by atoms with Crippen molar-refractivity contribution in [2.24, 2.45) is 0 Å². The van der Waals surface area contributed by atoms with Crippen LogP contribution in [0.3, 0.4) is 0 Å². The van der Waals surface area contributed by atoms with E-state index in [-0.39, 0.29) is 16.0 Å². The van der Waals surface area contributed by atoms with Crippen molar-refractivity contribution >= 4 is 40.3 Å². The van der Waals surface area contributed by atoms with Crippen LogP contribution in [0.15, 0.2) is 18.2 Å². The first kappa shape index (κ1) is 15.1. The summed E-state index contributed by atoms with van der Waals surface area (Å²) in [5, 5.41) is 19.9. The molecule has 5 rings (SSSR count). The number of carboxylic acid groups (broad SMARTS) is 1. The van der Waals surface area contributed by atoms with Crippen LogP contribution in [0.5, 0.6) is 0 Å². The van der Waals surface area contributed by atoms with Gasteiger partial charge in [-0.1, -0.05) is 16.8 Å². The van der Waals surface area contributed by atoms with Gasteiger partial charge in [0.2, 0.25) is 0 Å². The predicted octanol–water partition coefficient (Wildman–Crippen LogP) is 3.11. The first-order valence-corrected chi connectivity index (χ1v) is 8.38. The fourth-order valence-corrected chi connectivity index (χ4v) is 4.95. The van der Waals surface area contributed by atoms with Crippen LogP contribution in [0.2, 0.25) is 5.02 Å². The number of nitrogens with zero attached hydrogens (tertiary/aromatic N) is 3. The van der Waals surface area contributed by atoms with Gasteiger partial charge < -0.3 is 10.4 Å². The van der Waals surface area contributed by atoms with Gasteiger partial charge in [0.05, 0.1) is 10.7 Å². The first-order chi connectivity index (χ1) is 10.8. The molecule has 0 unspecified atom stereocenters. The second-order valence-corrected chi connectivity index (χ2v) is 7.69. The van der Waals surface area contributed by atoms with Gasteiger partial charge in [-0.3, -0.25) is 0 Å². The molecule has 0 radical (unpaired) electrons. The van der Waals surface area contributed by atoms with E-state index in [4.69, 9.17) is 16.7 Å². The fourth-order valence-electron chi connectivity index (χ4n) is 3.78. The number of rotatable bonds is 3. The molecule has 2 N–H and O–H groups in total. The summed E-state index contributed by atoms with van der Waals surface area (Å²) in [6, 6.07) is 4.48. The van der Waals surface area contributed by atoms with E-state index in [2.05, 4.69) is 38.2 Å². The van der Waals surface area contributed by atoms with Crippen LogP contribution in [-0.4, -0.2) is 31.7 Å². The molecule has 1 heterocycles. The molecule has 6 nitrogen and oxygen atoms in total. The molecule has 23 heavy (non-hydrogen) atoms. The van der Waals surface area contributed by atoms with Gasteiger partial charge in [-0.25, -0.2) is 13.9 Å². The minimum Gasteiger partial charge on any atom is -0.465 e. The Morgan fingerprint density at radius 1 is 1.43 bits per heavy atom. The van der Waals surface area contributed by atoms with Crippen LogP contribution >= 0.6 is 34.2 Å². The summed E-state index contributed by atoms with van der Waals surface area (Å²) >= 11 is 7.85. The Labute approximate surface area is 149 Å². The number of hydrogen-bond acceptors (Lipinski definition) is 3. The molecule has 1 aromatic carbocycles. The summed E-state index contributed by atoms with van der Waals surface area (Å²) in [6.45, 7) is 0. The lowest BCUT2D eigenvalue weighted by atomic mass is 9.38. The molecule has 3 fully saturated rings. The van der Waals surface area contributed by atoms with Crippen molar-refractivity contribution in [3.63, 3.8) is 0 Å². The van der Waals surface area contributed by atoms with E-state index in [1.165, 1.54) is 12.1 Å². The van der Waals surface area contributed by atoms with Gasteiger partial charge in [-0.05, 0) is 54.0 Å². The molecule has 0 spiro atoms. The standard InChI is InChI=1S/C14H11ClFIN4O2/c15-8-2-1-7(3-9(8)16)21-11(17)10(19-20-21)13-4-14(5-13,6-13)18-12(22)23/h1-3,18H,4-6H2,(H,22,23). The first-order valence-electron chi connectivity index (χ1n) is 6.92. The second-order valence-electron chi connectivity index (χ2n) is 6.26. The topological polar surface area (TPSA) is 80.0 Å². The smallest absolute Gasteiger partial charge is 0.405 e. The molecule has 1 amide bonds. The molecule has 9 heteroatoms. The fraction of sp³-hybridized carbons (Fsp3) is 0.357. The average Bonchev–Trinajstić information content (AvgIpc) is 2.77. The SMILES string of the molecule is O=C(O)NC12CC(c3nnn(-c4ccc(Cl)c(F)c4)c3I)(C1)C2. The lowest BCUT2D eigenvalue weighted by Crippen LogP contribution is -2.76. The van der Waals surface area contributed by atoms with Crippen molar-refractivity contribution in [3.05, 3.63) is 38.4 Å². The van der Waals surface area contributed by atoms with Gasteiger partial charge in [-0.2, -0.15) is 0 Å². The van der Waals surface area contributed by atoms with Gasteiger partial charge in [0, 0.05) is 17.0 Å². The van der Waals surface area contributed by atoms with Crippen molar-refractivity contribution in [2.75, 3.05) is 0 Å². The number of benzene rings is 1. The normalized spacial score (nSPS) is 28.0. The highest BCUT2D eigenvalue weighted by molar-refractivity contribution is 14.1. The van der Waals surface area contributed by atoms with Crippen LogP contribution in [0.1, 0.15) is 25.0 Å². The molecule has 2 aromatic rings. The van der Waals surface area contributed by atoms with Gasteiger partial charge in [0.25, 0.3) is 0 Å².